The van der Waals surface area contributed by atoms with Gasteiger partial charge in [0.25, 0.3) is 0 Å². The minimum atomic E-state index is 0.147. The van der Waals surface area contributed by atoms with Gasteiger partial charge in [0, 0.05) is 31.7 Å². The van der Waals surface area contributed by atoms with Gasteiger partial charge in [-0.2, -0.15) is 0 Å². The molecular weight excluding hydrogens is 276 g/mol. The zero-order valence-electron chi connectivity index (χ0n) is 11.6. The van der Waals surface area contributed by atoms with E-state index in [0.29, 0.717) is 17.4 Å². The molecule has 1 aromatic rings. The number of aldehydes is 1. The third-order valence-corrected chi connectivity index (χ3v) is 4.52. The number of rotatable bonds is 4. The van der Waals surface area contributed by atoms with Gasteiger partial charge in [0.2, 0.25) is 0 Å². The lowest BCUT2D eigenvalue weighted by molar-refractivity contribution is 0.112. The molecular formula is C15H19ClN2O2. The van der Waals surface area contributed by atoms with E-state index in [-0.39, 0.29) is 6.17 Å². The number of halogens is 1. The van der Waals surface area contributed by atoms with Gasteiger partial charge < -0.3 is 14.5 Å². The third kappa shape index (κ3) is 2.27. The Morgan fingerprint density at radius 1 is 1.45 bits per heavy atom. The van der Waals surface area contributed by atoms with Crippen molar-refractivity contribution < 1.29 is 9.53 Å². The fourth-order valence-electron chi connectivity index (χ4n) is 3.08. The normalized spacial score (nSPS) is 25.1. The van der Waals surface area contributed by atoms with E-state index in [1.54, 1.807) is 0 Å². The number of hydrogen-bond acceptors (Lipinski definition) is 4. The molecule has 0 N–H and O–H groups in total. The smallest absolute Gasteiger partial charge is 0.150 e. The number of alkyl halides is 1. The number of hydrogen-bond donors (Lipinski definition) is 0. The first-order valence-electron chi connectivity index (χ1n) is 6.97. The molecule has 20 heavy (non-hydrogen) atoms. The Morgan fingerprint density at radius 2 is 2.30 bits per heavy atom. The van der Waals surface area contributed by atoms with Crippen LogP contribution in [0, 0.1) is 5.92 Å². The molecule has 0 aromatic heterocycles. The molecule has 2 aliphatic heterocycles. The molecule has 2 atom stereocenters. The van der Waals surface area contributed by atoms with E-state index in [1.807, 2.05) is 18.2 Å². The van der Waals surface area contributed by atoms with Crippen molar-refractivity contribution in [3.8, 4) is 0 Å². The van der Waals surface area contributed by atoms with Crippen LogP contribution in [0.15, 0.2) is 18.2 Å². The molecule has 2 heterocycles. The SMILES string of the molecule is CN1c2ccc(C=O)cc2N(C[C@H]2CCOC2)C1CCl. The van der Waals surface area contributed by atoms with Gasteiger partial charge in [-0.1, -0.05) is 0 Å². The Bertz CT molecular complexity index is 503. The van der Waals surface area contributed by atoms with E-state index in [2.05, 4.69) is 16.8 Å². The fourth-order valence-corrected chi connectivity index (χ4v) is 3.46. The van der Waals surface area contributed by atoms with Crippen LogP contribution in [-0.4, -0.2) is 45.1 Å². The maximum atomic E-state index is 11.0. The van der Waals surface area contributed by atoms with Crippen molar-refractivity contribution in [2.75, 3.05) is 42.5 Å². The predicted molar refractivity (Wildman–Crippen MR) is 81.0 cm³/mol. The molecule has 0 spiro atoms. The number of ether oxygens (including phenoxy) is 1. The summed E-state index contributed by atoms with van der Waals surface area (Å²) in [5.74, 6) is 1.08. The van der Waals surface area contributed by atoms with Crippen molar-refractivity contribution in [1.29, 1.82) is 0 Å². The molecule has 0 bridgehead atoms. The van der Waals surface area contributed by atoms with Gasteiger partial charge in [-0.05, 0) is 24.6 Å². The summed E-state index contributed by atoms with van der Waals surface area (Å²) in [6.45, 7) is 2.59. The number of carbonyl (C=O) groups is 1. The van der Waals surface area contributed by atoms with Crippen LogP contribution < -0.4 is 9.80 Å². The highest BCUT2D eigenvalue weighted by atomic mass is 35.5. The van der Waals surface area contributed by atoms with Crippen molar-refractivity contribution in [3.05, 3.63) is 23.8 Å². The molecule has 0 radical (unpaired) electrons. The monoisotopic (exact) mass is 294 g/mol. The van der Waals surface area contributed by atoms with Gasteiger partial charge in [0.05, 0.1) is 23.9 Å². The molecule has 5 heteroatoms. The highest BCUT2D eigenvalue weighted by Gasteiger charge is 2.35. The first kappa shape index (κ1) is 13.7. The first-order valence-corrected chi connectivity index (χ1v) is 7.50. The zero-order chi connectivity index (χ0) is 14.1. The van der Waals surface area contributed by atoms with E-state index >= 15 is 0 Å². The lowest BCUT2D eigenvalue weighted by atomic mass is 10.1. The number of carbonyl (C=O) groups excluding carboxylic acids is 1. The minimum Gasteiger partial charge on any atom is -0.381 e. The van der Waals surface area contributed by atoms with Crippen molar-refractivity contribution in [3.63, 3.8) is 0 Å². The van der Waals surface area contributed by atoms with Crippen LogP contribution in [0.1, 0.15) is 16.8 Å². The van der Waals surface area contributed by atoms with Crippen LogP contribution in [0.2, 0.25) is 0 Å². The van der Waals surface area contributed by atoms with Gasteiger partial charge in [0.1, 0.15) is 12.5 Å². The van der Waals surface area contributed by atoms with Gasteiger partial charge in [-0.25, -0.2) is 0 Å². The average Bonchev–Trinajstić information content (AvgIpc) is 3.07. The molecule has 2 aliphatic rings. The number of benzene rings is 1. The van der Waals surface area contributed by atoms with Crippen molar-refractivity contribution in [2.45, 2.75) is 12.6 Å². The maximum Gasteiger partial charge on any atom is 0.150 e. The summed E-state index contributed by atoms with van der Waals surface area (Å²) in [6.07, 6.45) is 2.14. The Hall–Kier alpha value is -1.26. The molecule has 1 fully saturated rings. The minimum absolute atomic E-state index is 0.147. The Labute approximate surface area is 124 Å². The molecule has 1 unspecified atom stereocenters. The third-order valence-electron chi connectivity index (χ3n) is 4.25. The molecule has 0 aliphatic carbocycles. The average molecular weight is 295 g/mol. The van der Waals surface area contributed by atoms with Crippen molar-refractivity contribution in [1.82, 2.24) is 0 Å². The summed E-state index contributed by atoms with van der Waals surface area (Å²) in [6, 6.07) is 5.82. The van der Waals surface area contributed by atoms with Gasteiger partial charge in [-0.15, -0.1) is 11.6 Å². The fraction of sp³-hybridized carbons (Fsp3) is 0.533. The second kappa shape index (κ2) is 5.62. The quantitative estimate of drug-likeness (QED) is 0.630. The van der Waals surface area contributed by atoms with E-state index in [9.17, 15) is 4.79 Å². The number of fused-ring (bicyclic) bond motifs is 1. The lowest BCUT2D eigenvalue weighted by Gasteiger charge is -2.31. The van der Waals surface area contributed by atoms with E-state index < -0.39 is 0 Å². The van der Waals surface area contributed by atoms with E-state index in [4.69, 9.17) is 16.3 Å². The molecule has 3 rings (SSSR count). The highest BCUT2D eigenvalue weighted by Crippen LogP contribution is 2.40. The Kier molecular flexibility index (Phi) is 3.85. The largest absolute Gasteiger partial charge is 0.381 e. The summed E-state index contributed by atoms with van der Waals surface area (Å²) in [7, 11) is 2.05. The van der Waals surface area contributed by atoms with Crippen molar-refractivity contribution >= 4 is 29.3 Å². The molecule has 1 aromatic carbocycles. The van der Waals surface area contributed by atoms with Crippen LogP contribution in [-0.2, 0) is 4.74 Å². The van der Waals surface area contributed by atoms with Crippen LogP contribution in [0.3, 0.4) is 0 Å². The van der Waals surface area contributed by atoms with Gasteiger partial charge >= 0.3 is 0 Å². The molecule has 0 saturated carbocycles. The second-order valence-corrected chi connectivity index (χ2v) is 5.80. The van der Waals surface area contributed by atoms with Gasteiger partial charge in [-0.3, -0.25) is 4.79 Å². The van der Waals surface area contributed by atoms with E-state index in [1.165, 1.54) is 0 Å². The standard InChI is InChI=1S/C15H19ClN2O2/c1-17-13-3-2-11(9-19)6-14(13)18(15(17)7-16)8-12-4-5-20-10-12/h2-3,6,9,12,15H,4-5,7-8,10H2,1H3/t12-,15?/m1/s1. The number of anilines is 2. The van der Waals surface area contributed by atoms with Crippen LogP contribution in [0.4, 0.5) is 11.4 Å². The van der Waals surface area contributed by atoms with Crippen LogP contribution in [0.5, 0.6) is 0 Å². The van der Waals surface area contributed by atoms with Crippen LogP contribution in [0.25, 0.3) is 0 Å². The molecule has 0 amide bonds. The van der Waals surface area contributed by atoms with Crippen LogP contribution >= 0.6 is 11.6 Å². The second-order valence-electron chi connectivity index (χ2n) is 5.49. The predicted octanol–water partition coefficient (Wildman–Crippen LogP) is 2.36. The molecule has 108 valence electrons. The molecule has 1 saturated heterocycles. The Balaban J connectivity index is 1.92. The lowest BCUT2D eigenvalue weighted by Crippen LogP contribution is -2.45. The first-order chi connectivity index (χ1) is 9.74. The van der Waals surface area contributed by atoms with E-state index in [0.717, 1.165) is 43.8 Å². The summed E-state index contributed by atoms with van der Waals surface area (Å²) in [4.78, 5) is 15.5. The zero-order valence-corrected chi connectivity index (χ0v) is 12.3. The summed E-state index contributed by atoms with van der Waals surface area (Å²) < 4.78 is 5.47. The van der Waals surface area contributed by atoms with Crippen molar-refractivity contribution in [2.24, 2.45) is 5.92 Å². The Morgan fingerprint density at radius 3 is 2.95 bits per heavy atom. The maximum absolute atomic E-state index is 11.0. The highest BCUT2D eigenvalue weighted by molar-refractivity contribution is 6.18. The summed E-state index contributed by atoms with van der Waals surface area (Å²) in [5, 5.41) is 0. The van der Waals surface area contributed by atoms with Gasteiger partial charge in [0.15, 0.2) is 0 Å². The number of nitrogens with zero attached hydrogens (tertiary/aromatic N) is 2. The summed E-state index contributed by atoms with van der Waals surface area (Å²) in [5.41, 5.74) is 2.95. The topological polar surface area (TPSA) is 32.8 Å². The molecule has 4 nitrogen and oxygen atoms in total. The summed E-state index contributed by atoms with van der Waals surface area (Å²) >= 11 is 6.16.